The van der Waals surface area contributed by atoms with Crippen molar-refractivity contribution in [2.45, 2.75) is 50.7 Å². The van der Waals surface area contributed by atoms with Crippen molar-refractivity contribution in [2.24, 2.45) is 18.7 Å². The van der Waals surface area contributed by atoms with Crippen molar-refractivity contribution in [2.75, 3.05) is 11.1 Å². The van der Waals surface area contributed by atoms with Gasteiger partial charge in [0.2, 0.25) is 5.91 Å². The molecule has 11 heteroatoms. The van der Waals surface area contributed by atoms with E-state index in [1.165, 1.54) is 23.1 Å². The maximum absolute atomic E-state index is 12.7. The lowest BCUT2D eigenvalue weighted by Crippen LogP contribution is -2.33. The van der Waals surface area contributed by atoms with Gasteiger partial charge in [0.05, 0.1) is 17.4 Å². The molecule has 0 aliphatic heterocycles. The Hall–Kier alpha value is -3.18. The number of nitrogens with one attached hydrogen (secondary N) is 2. The molecular weight excluding hydrogens is 496 g/mol. The minimum Gasteiger partial charge on any atom is -0.365 e. The van der Waals surface area contributed by atoms with Crippen LogP contribution in [0.2, 0.25) is 0 Å². The summed E-state index contributed by atoms with van der Waals surface area (Å²) in [6.45, 7) is 4.00. The molecule has 0 spiro atoms. The lowest BCUT2D eigenvalue weighted by atomic mass is 9.95. The van der Waals surface area contributed by atoms with Gasteiger partial charge in [-0.2, -0.15) is 0 Å². The molecule has 3 amide bonds. The van der Waals surface area contributed by atoms with E-state index in [0.717, 1.165) is 36.1 Å². The first-order valence-electron chi connectivity index (χ1n) is 11.9. The van der Waals surface area contributed by atoms with Crippen LogP contribution in [0.5, 0.6) is 0 Å². The number of anilines is 1. The zero-order chi connectivity index (χ0) is 25.8. The Morgan fingerprint density at radius 2 is 1.86 bits per heavy atom. The zero-order valence-corrected chi connectivity index (χ0v) is 22.2. The van der Waals surface area contributed by atoms with Gasteiger partial charge in [0.1, 0.15) is 5.00 Å². The number of thioether (sulfide) groups is 1. The molecule has 0 fully saturated rings. The zero-order valence-electron chi connectivity index (χ0n) is 20.5. The number of carbonyl (C=O) groups is 3. The molecule has 2 heterocycles. The number of nitrogens with zero attached hydrogens (tertiary/aromatic N) is 3. The number of hydrogen-bond donors (Lipinski definition) is 3. The number of fused-ring (bicyclic) bond motifs is 1. The molecule has 9 nitrogen and oxygen atoms in total. The predicted octanol–water partition coefficient (Wildman–Crippen LogP) is 3.71. The molecule has 0 saturated carbocycles. The summed E-state index contributed by atoms with van der Waals surface area (Å²) >= 11 is 2.68. The summed E-state index contributed by atoms with van der Waals surface area (Å²) in [6.07, 6.45) is 3.82. The minimum atomic E-state index is -0.507. The molecule has 1 aliphatic carbocycles. The largest absolute Gasteiger partial charge is 0.365 e. The highest BCUT2D eigenvalue weighted by Crippen LogP contribution is 2.38. The van der Waals surface area contributed by atoms with E-state index in [2.05, 4.69) is 20.8 Å². The van der Waals surface area contributed by atoms with Crippen LogP contribution in [0.3, 0.4) is 0 Å². The summed E-state index contributed by atoms with van der Waals surface area (Å²) in [7, 11) is 1.82. The lowest BCUT2D eigenvalue weighted by Gasteiger charge is -2.21. The minimum absolute atomic E-state index is 0.0683. The summed E-state index contributed by atoms with van der Waals surface area (Å²) in [5.41, 5.74) is 7.63. The Balaban J connectivity index is 1.43. The molecule has 4 N–H and O–H groups in total. The average molecular weight is 527 g/mol. The van der Waals surface area contributed by atoms with Crippen molar-refractivity contribution in [3.8, 4) is 0 Å². The second-order valence-electron chi connectivity index (χ2n) is 9.08. The lowest BCUT2D eigenvalue weighted by molar-refractivity contribution is -0.113. The summed E-state index contributed by atoms with van der Waals surface area (Å²) in [6, 6.07) is 8.67. The normalized spacial score (nSPS) is 13.8. The number of benzene rings is 1. The van der Waals surface area contributed by atoms with Crippen molar-refractivity contribution >= 4 is 45.8 Å². The van der Waals surface area contributed by atoms with E-state index in [9.17, 15) is 14.4 Å². The fourth-order valence-electron chi connectivity index (χ4n) is 4.27. The van der Waals surface area contributed by atoms with Gasteiger partial charge in [-0.1, -0.05) is 43.8 Å². The van der Waals surface area contributed by atoms with E-state index in [-0.39, 0.29) is 29.5 Å². The molecule has 2 aromatic heterocycles. The van der Waals surface area contributed by atoms with Gasteiger partial charge in [0.25, 0.3) is 11.8 Å². The van der Waals surface area contributed by atoms with E-state index in [1.807, 2.05) is 39.1 Å². The van der Waals surface area contributed by atoms with Crippen LogP contribution in [0.1, 0.15) is 69.7 Å². The quantitative estimate of drug-likeness (QED) is 0.364. The van der Waals surface area contributed by atoms with Crippen molar-refractivity contribution < 1.29 is 14.4 Å². The maximum Gasteiger partial charge on any atom is 0.251 e. The third-order valence-electron chi connectivity index (χ3n) is 6.14. The van der Waals surface area contributed by atoms with Crippen molar-refractivity contribution in [3.05, 3.63) is 57.7 Å². The second kappa shape index (κ2) is 11.3. The molecule has 190 valence electrons. The van der Waals surface area contributed by atoms with Gasteiger partial charge in [0.15, 0.2) is 11.0 Å². The third-order valence-corrected chi connectivity index (χ3v) is 8.37. The first-order valence-corrected chi connectivity index (χ1v) is 13.7. The highest BCUT2D eigenvalue weighted by Gasteiger charge is 2.27. The number of carbonyl (C=O) groups excluding carboxylic acids is 3. The van der Waals surface area contributed by atoms with Crippen molar-refractivity contribution in [3.63, 3.8) is 0 Å². The van der Waals surface area contributed by atoms with E-state index in [1.54, 1.807) is 16.7 Å². The van der Waals surface area contributed by atoms with E-state index in [0.29, 0.717) is 27.1 Å². The highest BCUT2D eigenvalue weighted by atomic mass is 32.2. The number of rotatable bonds is 9. The fourth-order valence-corrected chi connectivity index (χ4v) is 6.30. The molecule has 1 aromatic carbocycles. The van der Waals surface area contributed by atoms with Gasteiger partial charge in [-0.3, -0.25) is 14.4 Å². The first-order chi connectivity index (χ1) is 17.3. The molecule has 0 saturated heterocycles. The van der Waals surface area contributed by atoms with Crippen LogP contribution in [0.15, 0.2) is 35.5 Å². The number of aryl methyl sites for hydroxylation is 1. The SMILES string of the molecule is CC(C)[C@@H](NC(=O)c1ccccc1)c1nnc(SCC(=O)Nc2sc3c(c2C(N)=O)CCCC3)n1C. The molecule has 4 rings (SSSR count). The van der Waals surface area contributed by atoms with Gasteiger partial charge in [0, 0.05) is 17.5 Å². The van der Waals surface area contributed by atoms with Crippen LogP contribution in [-0.4, -0.2) is 38.2 Å². The van der Waals surface area contributed by atoms with Crippen LogP contribution in [0.25, 0.3) is 0 Å². The van der Waals surface area contributed by atoms with Crippen LogP contribution in [0.4, 0.5) is 5.00 Å². The Bertz CT molecular complexity index is 1270. The average Bonchev–Trinajstić information content (AvgIpc) is 3.41. The highest BCUT2D eigenvalue weighted by molar-refractivity contribution is 7.99. The van der Waals surface area contributed by atoms with Gasteiger partial charge < -0.3 is 20.9 Å². The molecule has 0 radical (unpaired) electrons. The molecular formula is C25H30N6O3S2. The van der Waals surface area contributed by atoms with Crippen LogP contribution >= 0.6 is 23.1 Å². The number of thiophene rings is 1. The molecule has 1 atom stereocenters. The summed E-state index contributed by atoms with van der Waals surface area (Å²) in [4.78, 5) is 38.7. The summed E-state index contributed by atoms with van der Waals surface area (Å²) < 4.78 is 1.80. The van der Waals surface area contributed by atoms with Crippen LogP contribution in [-0.2, 0) is 24.7 Å². The third kappa shape index (κ3) is 5.62. The monoisotopic (exact) mass is 526 g/mol. The van der Waals surface area contributed by atoms with Crippen molar-refractivity contribution in [1.29, 1.82) is 0 Å². The van der Waals surface area contributed by atoms with Crippen LogP contribution < -0.4 is 16.4 Å². The smallest absolute Gasteiger partial charge is 0.251 e. The number of aromatic nitrogens is 3. The molecule has 0 unspecified atom stereocenters. The van der Waals surface area contributed by atoms with Gasteiger partial charge in [-0.15, -0.1) is 21.5 Å². The molecule has 3 aromatic rings. The number of primary amides is 1. The number of hydrogen-bond acceptors (Lipinski definition) is 7. The first kappa shape index (κ1) is 25.9. The van der Waals surface area contributed by atoms with E-state index < -0.39 is 5.91 Å². The number of nitrogens with two attached hydrogens (primary N) is 1. The number of amides is 3. The van der Waals surface area contributed by atoms with Gasteiger partial charge in [-0.05, 0) is 49.3 Å². The molecule has 36 heavy (non-hydrogen) atoms. The topological polar surface area (TPSA) is 132 Å². The Labute approximate surface area is 218 Å². The van der Waals surface area contributed by atoms with E-state index in [4.69, 9.17) is 5.73 Å². The predicted molar refractivity (Wildman–Crippen MR) is 141 cm³/mol. The standard InChI is InChI=1S/C25H30N6O3S2/c1-14(2)20(28-23(34)15-9-5-4-6-10-15)22-29-30-25(31(22)3)35-13-18(32)27-24-19(21(26)33)16-11-7-8-12-17(16)36-24/h4-6,9-10,14,20H,7-8,11-13H2,1-3H3,(H2,26,33)(H,27,32)(H,28,34)/t20-/m1/s1. The van der Waals surface area contributed by atoms with Gasteiger partial charge >= 0.3 is 0 Å². The summed E-state index contributed by atoms with van der Waals surface area (Å²) in [5, 5.41) is 15.6. The second-order valence-corrected chi connectivity index (χ2v) is 11.1. The Morgan fingerprint density at radius 1 is 1.14 bits per heavy atom. The maximum atomic E-state index is 12.7. The Morgan fingerprint density at radius 3 is 2.56 bits per heavy atom. The van der Waals surface area contributed by atoms with Crippen LogP contribution in [0, 0.1) is 5.92 Å². The van der Waals surface area contributed by atoms with Gasteiger partial charge in [-0.25, -0.2) is 0 Å². The molecule has 0 bridgehead atoms. The summed E-state index contributed by atoms with van der Waals surface area (Å²) in [5.74, 6) is -0.168. The van der Waals surface area contributed by atoms with E-state index >= 15 is 0 Å². The molecule has 1 aliphatic rings. The van der Waals surface area contributed by atoms with Crippen molar-refractivity contribution in [1.82, 2.24) is 20.1 Å². The fraction of sp³-hybridized carbons (Fsp3) is 0.400. The Kier molecular flexibility index (Phi) is 8.10.